The molecule has 2 heteroatoms. The highest BCUT2D eigenvalue weighted by molar-refractivity contribution is 5.73. The van der Waals surface area contributed by atoms with Crippen LogP contribution in [-0.2, 0) is 0 Å². The maximum absolute atomic E-state index is 6.13. The third-order valence-corrected chi connectivity index (χ3v) is 3.94. The molecule has 0 aliphatic rings. The zero-order valence-electron chi connectivity index (χ0n) is 13.4. The number of hydrogen-bond donors (Lipinski definition) is 0. The Morgan fingerprint density at radius 2 is 1.25 bits per heavy atom. The van der Waals surface area contributed by atoms with Crippen LogP contribution in [0.2, 0.25) is 0 Å². The van der Waals surface area contributed by atoms with Gasteiger partial charge in [-0.2, -0.15) is 0 Å². The highest BCUT2D eigenvalue weighted by Crippen LogP contribution is 2.33. The van der Waals surface area contributed by atoms with E-state index in [9.17, 15) is 0 Å². The van der Waals surface area contributed by atoms with Crippen LogP contribution in [0.25, 0.3) is 34.0 Å². The minimum Gasteiger partial charge on any atom is -0.452 e. The Morgan fingerprint density at radius 3 is 1.88 bits per heavy atom. The molecule has 0 bridgehead atoms. The van der Waals surface area contributed by atoms with Crippen LogP contribution < -0.4 is 0 Å². The van der Waals surface area contributed by atoms with Crippen molar-refractivity contribution >= 4 is 0 Å². The molecule has 2 aromatic heterocycles. The summed E-state index contributed by atoms with van der Waals surface area (Å²) in [6, 6.07) is 28.4. The second kappa shape index (κ2) is 6.17. The lowest BCUT2D eigenvalue weighted by atomic mass is 10.0. The van der Waals surface area contributed by atoms with Gasteiger partial charge in [-0.25, -0.2) is 4.42 Å². The Hall–Kier alpha value is -3.13. The molecule has 24 heavy (non-hydrogen) atoms. The van der Waals surface area contributed by atoms with Crippen LogP contribution in [0.5, 0.6) is 0 Å². The fourth-order valence-electron chi connectivity index (χ4n) is 2.73. The molecule has 0 saturated heterocycles. The van der Waals surface area contributed by atoms with Crippen molar-refractivity contribution in [3.05, 3.63) is 90.7 Å². The molecule has 0 spiro atoms. The van der Waals surface area contributed by atoms with E-state index in [-0.39, 0.29) is 0 Å². The quantitative estimate of drug-likeness (QED) is 0.405. The highest BCUT2D eigenvalue weighted by atomic mass is 16.4. The predicted molar refractivity (Wildman–Crippen MR) is 96.4 cm³/mol. The number of rotatable bonds is 3. The zero-order chi connectivity index (χ0) is 16.4. The molecular formula is C22H17O2+. The van der Waals surface area contributed by atoms with Gasteiger partial charge in [-0.1, -0.05) is 48.5 Å². The summed E-state index contributed by atoms with van der Waals surface area (Å²) in [5.74, 6) is 3.15. The van der Waals surface area contributed by atoms with Gasteiger partial charge >= 0.3 is 11.5 Å². The third-order valence-electron chi connectivity index (χ3n) is 3.94. The fourth-order valence-corrected chi connectivity index (χ4v) is 2.73. The van der Waals surface area contributed by atoms with Gasteiger partial charge in [-0.15, -0.1) is 0 Å². The molecule has 0 aliphatic heterocycles. The maximum atomic E-state index is 6.13. The van der Waals surface area contributed by atoms with Crippen LogP contribution >= 0.6 is 0 Å². The molecule has 116 valence electrons. The van der Waals surface area contributed by atoms with Gasteiger partial charge in [0.25, 0.3) is 0 Å². The van der Waals surface area contributed by atoms with Gasteiger partial charge in [-0.05, 0) is 36.8 Å². The lowest BCUT2D eigenvalue weighted by Crippen LogP contribution is -1.85. The largest absolute Gasteiger partial charge is 0.452 e. The van der Waals surface area contributed by atoms with E-state index in [2.05, 4.69) is 18.2 Å². The van der Waals surface area contributed by atoms with Crippen LogP contribution in [-0.4, -0.2) is 0 Å². The minimum atomic E-state index is 0.725. The number of benzene rings is 2. The third kappa shape index (κ3) is 2.86. The molecule has 4 aromatic rings. The lowest BCUT2D eigenvalue weighted by molar-refractivity contribution is 0.506. The van der Waals surface area contributed by atoms with Crippen molar-refractivity contribution in [3.8, 4) is 34.0 Å². The first-order valence-electron chi connectivity index (χ1n) is 7.95. The smallest absolute Gasteiger partial charge is 0.396 e. The lowest BCUT2D eigenvalue weighted by Gasteiger charge is -2.01. The summed E-state index contributed by atoms with van der Waals surface area (Å²) in [4.78, 5) is 0. The Bertz CT molecular complexity index is 896. The summed E-state index contributed by atoms with van der Waals surface area (Å²) in [5, 5.41) is 0. The summed E-state index contributed by atoms with van der Waals surface area (Å²) in [5.41, 5.74) is 3.29. The molecule has 0 unspecified atom stereocenters. The molecule has 0 saturated carbocycles. The van der Waals surface area contributed by atoms with Crippen molar-refractivity contribution in [2.45, 2.75) is 6.92 Å². The summed E-state index contributed by atoms with van der Waals surface area (Å²) in [6.45, 7) is 1.93. The molecule has 0 radical (unpaired) electrons. The van der Waals surface area contributed by atoms with Gasteiger partial charge < -0.3 is 4.42 Å². The second-order valence-corrected chi connectivity index (χ2v) is 5.72. The van der Waals surface area contributed by atoms with Crippen molar-refractivity contribution < 1.29 is 8.83 Å². The predicted octanol–water partition coefficient (Wildman–Crippen LogP) is 6.46. The van der Waals surface area contributed by atoms with Crippen LogP contribution in [0.4, 0.5) is 0 Å². The molecular weight excluding hydrogens is 296 g/mol. The van der Waals surface area contributed by atoms with Gasteiger partial charge in [0.15, 0.2) is 0 Å². The van der Waals surface area contributed by atoms with E-state index in [1.807, 2.05) is 73.7 Å². The SMILES string of the molecule is Cc1ccc(-c2cc(-c3ccccc3)cc(-c3ccccc3)[o+]2)o1. The highest BCUT2D eigenvalue weighted by Gasteiger charge is 2.22. The van der Waals surface area contributed by atoms with E-state index < -0.39 is 0 Å². The van der Waals surface area contributed by atoms with E-state index in [1.54, 1.807) is 0 Å². The first-order valence-corrected chi connectivity index (χ1v) is 7.95. The summed E-state index contributed by atoms with van der Waals surface area (Å²) < 4.78 is 11.9. The average molecular weight is 313 g/mol. The van der Waals surface area contributed by atoms with Gasteiger partial charge in [-0.3, -0.25) is 0 Å². The average Bonchev–Trinajstić information content (AvgIpc) is 3.09. The normalized spacial score (nSPS) is 10.7. The summed E-state index contributed by atoms with van der Waals surface area (Å²) in [7, 11) is 0. The van der Waals surface area contributed by atoms with Gasteiger partial charge in [0.05, 0.1) is 17.7 Å². The molecule has 0 amide bonds. The molecule has 0 N–H and O–H groups in total. The standard InChI is InChI=1S/C22H17O2/c1-16-12-13-20(23-16)22-15-19(17-8-4-2-5-9-17)14-21(24-22)18-10-6-3-7-11-18/h2-15H,1H3/q+1. The molecule has 2 aromatic carbocycles. The molecule has 2 heterocycles. The van der Waals surface area contributed by atoms with E-state index in [0.717, 1.165) is 39.7 Å². The molecule has 2 nitrogen and oxygen atoms in total. The van der Waals surface area contributed by atoms with E-state index in [0.29, 0.717) is 0 Å². The van der Waals surface area contributed by atoms with Gasteiger partial charge in [0.1, 0.15) is 5.76 Å². The van der Waals surface area contributed by atoms with Crippen LogP contribution in [0.15, 0.2) is 93.8 Å². The number of furan rings is 1. The Kier molecular flexibility index (Phi) is 3.72. The monoisotopic (exact) mass is 313 g/mol. The number of hydrogen-bond acceptors (Lipinski definition) is 1. The topological polar surface area (TPSA) is 24.4 Å². The van der Waals surface area contributed by atoms with Crippen LogP contribution in [0, 0.1) is 6.92 Å². The van der Waals surface area contributed by atoms with Crippen molar-refractivity contribution in [3.63, 3.8) is 0 Å². The Balaban J connectivity index is 1.91. The summed E-state index contributed by atoms with van der Waals surface area (Å²) >= 11 is 0. The van der Waals surface area contributed by atoms with E-state index in [4.69, 9.17) is 8.83 Å². The van der Waals surface area contributed by atoms with Crippen molar-refractivity contribution in [2.75, 3.05) is 0 Å². The first kappa shape index (κ1) is 14.5. The minimum absolute atomic E-state index is 0.725. The van der Waals surface area contributed by atoms with Gasteiger partial charge in [0.2, 0.25) is 5.76 Å². The molecule has 0 aliphatic carbocycles. The second-order valence-electron chi connectivity index (χ2n) is 5.72. The van der Waals surface area contributed by atoms with Crippen LogP contribution in [0.1, 0.15) is 5.76 Å². The van der Waals surface area contributed by atoms with Gasteiger partial charge in [0, 0.05) is 5.56 Å². The Labute approximate surface area is 141 Å². The Morgan fingerprint density at radius 1 is 0.625 bits per heavy atom. The first-order chi connectivity index (χ1) is 11.8. The number of aryl methyl sites for hydroxylation is 1. The van der Waals surface area contributed by atoms with Crippen molar-refractivity contribution in [1.82, 2.24) is 0 Å². The molecule has 4 rings (SSSR count). The van der Waals surface area contributed by atoms with E-state index in [1.165, 1.54) is 0 Å². The maximum Gasteiger partial charge on any atom is 0.396 e. The van der Waals surface area contributed by atoms with E-state index >= 15 is 0 Å². The summed E-state index contributed by atoms with van der Waals surface area (Å²) in [6.07, 6.45) is 0. The zero-order valence-corrected chi connectivity index (χ0v) is 13.4. The molecule has 0 atom stereocenters. The fraction of sp³-hybridized carbons (Fsp3) is 0.0455. The van der Waals surface area contributed by atoms with Crippen molar-refractivity contribution in [1.29, 1.82) is 0 Å². The molecule has 0 fully saturated rings. The van der Waals surface area contributed by atoms with Crippen LogP contribution in [0.3, 0.4) is 0 Å². The van der Waals surface area contributed by atoms with Crippen molar-refractivity contribution in [2.24, 2.45) is 0 Å².